The Kier molecular flexibility index (Phi) is 4.50. The molecule has 20 heavy (non-hydrogen) atoms. The summed E-state index contributed by atoms with van der Waals surface area (Å²) in [7, 11) is 2.01. The molecule has 1 N–H and O–H groups in total. The van der Waals surface area contributed by atoms with E-state index in [-0.39, 0.29) is 0 Å². The van der Waals surface area contributed by atoms with Crippen LogP contribution in [0.1, 0.15) is 22.0 Å². The van der Waals surface area contributed by atoms with Crippen molar-refractivity contribution in [1.29, 1.82) is 0 Å². The Balaban J connectivity index is 1.90. The van der Waals surface area contributed by atoms with Gasteiger partial charge in [-0.15, -0.1) is 11.3 Å². The molecule has 1 aliphatic heterocycles. The minimum absolute atomic E-state index is 0.314. The van der Waals surface area contributed by atoms with Gasteiger partial charge in [-0.3, -0.25) is 0 Å². The highest BCUT2D eigenvalue weighted by Gasteiger charge is 2.21. The fourth-order valence-corrected chi connectivity index (χ4v) is 4.68. The highest BCUT2D eigenvalue weighted by molar-refractivity contribution is 9.10. The number of likely N-dealkylation sites (N-methyl/N-ethyl adjacent to an activating group) is 1. The summed E-state index contributed by atoms with van der Waals surface area (Å²) in [5.74, 6) is 1.09. The van der Waals surface area contributed by atoms with Gasteiger partial charge in [0.05, 0.1) is 6.61 Å². The van der Waals surface area contributed by atoms with Crippen LogP contribution in [0.4, 0.5) is 0 Å². The summed E-state index contributed by atoms with van der Waals surface area (Å²) in [6.45, 7) is 0.799. The lowest BCUT2D eigenvalue weighted by Gasteiger charge is -2.17. The number of nitrogens with one attached hydrogen (secondary N) is 1. The van der Waals surface area contributed by atoms with E-state index in [4.69, 9.17) is 4.74 Å². The molecule has 2 heterocycles. The zero-order valence-corrected chi connectivity index (χ0v) is 15.1. The molecule has 0 fully saturated rings. The molecule has 1 aliphatic rings. The molecule has 3 rings (SSSR count). The van der Waals surface area contributed by atoms with Crippen LogP contribution >= 0.6 is 43.2 Å². The SMILES string of the molecule is CNC(Cc1cc(Br)cc2c1OCC2)c1cc(Br)cs1. The molecule has 0 bridgehead atoms. The van der Waals surface area contributed by atoms with Crippen LogP contribution in [0.5, 0.6) is 5.75 Å². The van der Waals surface area contributed by atoms with Crippen LogP contribution < -0.4 is 10.1 Å². The van der Waals surface area contributed by atoms with E-state index in [0.717, 1.165) is 34.1 Å². The normalized spacial score (nSPS) is 14.9. The van der Waals surface area contributed by atoms with Gasteiger partial charge in [-0.25, -0.2) is 0 Å². The number of ether oxygens (including phenoxy) is 1. The fourth-order valence-electron chi connectivity index (χ4n) is 2.57. The molecule has 0 saturated heterocycles. The smallest absolute Gasteiger partial charge is 0.125 e. The number of benzene rings is 1. The number of fused-ring (bicyclic) bond motifs is 1. The summed E-state index contributed by atoms with van der Waals surface area (Å²) >= 11 is 8.91. The van der Waals surface area contributed by atoms with Crippen LogP contribution in [0.3, 0.4) is 0 Å². The molecular formula is C15H15Br2NOS. The molecule has 1 aromatic carbocycles. The average Bonchev–Trinajstić information content (AvgIpc) is 3.04. The maximum absolute atomic E-state index is 5.82. The monoisotopic (exact) mass is 415 g/mol. The Hall–Kier alpha value is -0.360. The van der Waals surface area contributed by atoms with Gasteiger partial charge in [0.2, 0.25) is 0 Å². The van der Waals surface area contributed by atoms with Gasteiger partial charge in [0.15, 0.2) is 0 Å². The average molecular weight is 417 g/mol. The molecule has 1 aromatic heterocycles. The highest BCUT2D eigenvalue weighted by atomic mass is 79.9. The van der Waals surface area contributed by atoms with Crippen molar-refractivity contribution in [2.24, 2.45) is 0 Å². The van der Waals surface area contributed by atoms with Gasteiger partial charge in [-0.1, -0.05) is 15.9 Å². The van der Waals surface area contributed by atoms with Gasteiger partial charge in [-0.05, 0) is 58.7 Å². The Morgan fingerprint density at radius 2 is 2.15 bits per heavy atom. The third-order valence-corrected chi connectivity index (χ3v) is 5.79. The topological polar surface area (TPSA) is 21.3 Å². The summed E-state index contributed by atoms with van der Waals surface area (Å²) in [4.78, 5) is 1.34. The van der Waals surface area contributed by atoms with Crippen LogP contribution in [0.25, 0.3) is 0 Å². The summed E-state index contributed by atoms with van der Waals surface area (Å²) in [6.07, 6.45) is 1.95. The third-order valence-electron chi connectivity index (χ3n) is 3.53. The highest BCUT2D eigenvalue weighted by Crippen LogP contribution is 2.36. The molecule has 0 spiro atoms. The van der Waals surface area contributed by atoms with Crippen molar-refractivity contribution in [3.8, 4) is 5.75 Å². The molecule has 1 unspecified atom stereocenters. The molecule has 5 heteroatoms. The molecule has 0 amide bonds. The van der Waals surface area contributed by atoms with E-state index in [9.17, 15) is 0 Å². The third kappa shape index (κ3) is 2.96. The van der Waals surface area contributed by atoms with E-state index in [1.54, 1.807) is 11.3 Å². The number of hydrogen-bond donors (Lipinski definition) is 1. The first-order chi connectivity index (χ1) is 9.67. The molecule has 106 valence electrons. The predicted molar refractivity (Wildman–Crippen MR) is 90.9 cm³/mol. The van der Waals surface area contributed by atoms with E-state index in [2.05, 4.69) is 60.8 Å². The predicted octanol–water partition coefficient (Wildman–Crippen LogP) is 4.71. The van der Waals surface area contributed by atoms with E-state index >= 15 is 0 Å². The summed E-state index contributed by atoms with van der Waals surface area (Å²) in [5, 5.41) is 5.54. The Morgan fingerprint density at radius 1 is 1.30 bits per heavy atom. The Morgan fingerprint density at radius 3 is 2.85 bits per heavy atom. The first kappa shape index (κ1) is 14.6. The first-order valence-corrected chi connectivity index (χ1v) is 8.99. The van der Waals surface area contributed by atoms with Crippen LogP contribution in [0.2, 0.25) is 0 Å². The summed E-state index contributed by atoms with van der Waals surface area (Å²) in [5.41, 5.74) is 2.59. The molecule has 0 radical (unpaired) electrons. The lowest BCUT2D eigenvalue weighted by Crippen LogP contribution is -2.18. The largest absolute Gasteiger partial charge is 0.493 e. The molecule has 0 saturated carbocycles. The standard InChI is InChI=1S/C15H15Br2NOS/c1-18-13(14-7-12(17)8-20-14)6-10-5-11(16)4-9-2-3-19-15(9)10/h4-5,7-8,13,18H,2-3,6H2,1H3. The van der Waals surface area contributed by atoms with Crippen molar-refractivity contribution < 1.29 is 4.74 Å². The second kappa shape index (κ2) is 6.18. The van der Waals surface area contributed by atoms with Gasteiger partial charge >= 0.3 is 0 Å². The zero-order chi connectivity index (χ0) is 14.1. The number of halogens is 2. The minimum Gasteiger partial charge on any atom is -0.493 e. The van der Waals surface area contributed by atoms with Crippen molar-refractivity contribution in [1.82, 2.24) is 5.32 Å². The van der Waals surface area contributed by atoms with E-state index in [0.29, 0.717) is 6.04 Å². The molecule has 2 aromatic rings. The summed E-state index contributed by atoms with van der Waals surface area (Å²) < 4.78 is 8.10. The lowest BCUT2D eigenvalue weighted by atomic mass is 10.0. The van der Waals surface area contributed by atoms with Crippen LogP contribution in [-0.4, -0.2) is 13.7 Å². The number of thiophene rings is 1. The zero-order valence-electron chi connectivity index (χ0n) is 11.1. The van der Waals surface area contributed by atoms with Crippen molar-refractivity contribution in [3.05, 3.63) is 48.5 Å². The van der Waals surface area contributed by atoms with Crippen LogP contribution in [0.15, 0.2) is 32.5 Å². The first-order valence-electron chi connectivity index (χ1n) is 6.52. The van der Waals surface area contributed by atoms with Gasteiger partial charge in [0.1, 0.15) is 5.75 Å². The maximum Gasteiger partial charge on any atom is 0.125 e. The molecule has 1 atom stereocenters. The lowest BCUT2D eigenvalue weighted by molar-refractivity contribution is 0.352. The van der Waals surface area contributed by atoms with Crippen molar-refractivity contribution in [2.75, 3.05) is 13.7 Å². The Bertz CT molecular complexity index is 626. The number of rotatable bonds is 4. The summed E-state index contributed by atoms with van der Waals surface area (Å²) in [6, 6.07) is 6.85. The molecule has 0 aliphatic carbocycles. The molecular weight excluding hydrogens is 402 g/mol. The van der Waals surface area contributed by atoms with Crippen LogP contribution in [0, 0.1) is 0 Å². The van der Waals surface area contributed by atoms with E-state index in [1.165, 1.54) is 16.0 Å². The number of hydrogen-bond acceptors (Lipinski definition) is 3. The molecule has 2 nitrogen and oxygen atoms in total. The van der Waals surface area contributed by atoms with Crippen molar-refractivity contribution >= 4 is 43.2 Å². The minimum atomic E-state index is 0.314. The second-order valence-corrected chi connectivity index (χ2v) is 7.64. The Labute approximate surface area is 139 Å². The van der Waals surface area contributed by atoms with Crippen molar-refractivity contribution in [2.45, 2.75) is 18.9 Å². The second-order valence-electron chi connectivity index (χ2n) is 4.86. The van der Waals surface area contributed by atoms with Crippen LogP contribution in [-0.2, 0) is 12.8 Å². The van der Waals surface area contributed by atoms with Gasteiger partial charge in [0.25, 0.3) is 0 Å². The van der Waals surface area contributed by atoms with Gasteiger partial charge in [0, 0.05) is 31.7 Å². The maximum atomic E-state index is 5.82. The fraction of sp³-hybridized carbons (Fsp3) is 0.333. The van der Waals surface area contributed by atoms with E-state index in [1.807, 2.05) is 7.05 Å². The van der Waals surface area contributed by atoms with Crippen molar-refractivity contribution in [3.63, 3.8) is 0 Å². The van der Waals surface area contributed by atoms with E-state index < -0.39 is 0 Å². The van der Waals surface area contributed by atoms with Gasteiger partial charge < -0.3 is 10.1 Å². The van der Waals surface area contributed by atoms with Gasteiger partial charge in [-0.2, -0.15) is 0 Å². The quantitative estimate of drug-likeness (QED) is 0.778.